The predicted molar refractivity (Wildman–Crippen MR) is 97.8 cm³/mol. The van der Waals surface area contributed by atoms with Gasteiger partial charge in [-0.15, -0.1) is 0 Å². The molecule has 1 N–H and O–H groups in total. The molecule has 0 fully saturated rings. The second-order valence-electron chi connectivity index (χ2n) is 5.19. The van der Waals surface area contributed by atoms with Crippen LogP contribution in [-0.4, -0.2) is 26.4 Å². The molecule has 2 rings (SSSR count). The number of rotatable bonds is 8. The first kappa shape index (κ1) is 18.4. The molecule has 5 nitrogen and oxygen atoms in total. The minimum absolute atomic E-state index is 0.256. The highest BCUT2D eigenvalue weighted by Crippen LogP contribution is 2.28. The Morgan fingerprint density at radius 2 is 1.92 bits per heavy atom. The van der Waals surface area contributed by atoms with Crippen molar-refractivity contribution in [3.63, 3.8) is 0 Å². The average molecular weight is 341 g/mol. The molecule has 0 heterocycles. The van der Waals surface area contributed by atoms with Crippen molar-refractivity contribution in [2.75, 3.05) is 20.3 Å². The molecule has 0 bridgehead atoms. The summed E-state index contributed by atoms with van der Waals surface area (Å²) in [5.74, 6) is 1.39. The number of methoxy groups -OCH3 is 1. The molecule has 1 amide bonds. The van der Waals surface area contributed by atoms with Gasteiger partial charge in [-0.2, -0.15) is 0 Å². The van der Waals surface area contributed by atoms with Crippen LogP contribution in [0, 0.1) is 0 Å². The Balaban J connectivity index is 1.77. The molecule has 0 aliphatic heterocycles. The van der Waals surface area contributed by atoms with E-state index in [0.717, 1.165) is 11.1 Å². The van der Waals surface area contributed by atoms with Crippen molar-refractivity contribution < 1.29 is 19.0 Å². The predicted octanol–water partition coefficient (Wildman–Crippen LogP) is 4.03. The largest absolute Gasteiger partial charge is 0.493 e. The second kappa shape index (κ2) is 10.0. The molecule has 0 atom stereocenters. The molecule has 0 radical (unpaired) electrons. The van der Waals surface area contributed by atoms with Crippen LogP contribution in [0.25, 0.3) is 6.08 Å². The summed E-state index contributed by atoms with van der Waals surface area (Å²) in [4.78, 5) is 11.6. The first-order valence-corrected chi connectivity index (χ1v) is 8.15. The molecule has 0 aliphatic rings. The Morgan fingerprint density at radius 1 is 1.12 bits per heavy atom. The van der Waals surface area contributed by atoms with Crippen LogP contribution in [-0.2, 0) is 11.3 Å². The maximum atomic E-state index is 11.6. The van der Waals surface area contributed by atoms with Crippen molar-refractivity contribution in [2.24, 2.45) is 0 Å². The highest BCUT2D eigenvalue weighted by atomic mass is 16.5. The number of hydrogen-bond donors (Lipinski definition) is 1. The van der Waals surface area contributed by atoms with Crippen LogP contribution in [0.2, 0.25) is 0 Å². The van der Waals surface area contributed by atoms with E-state index in [4.69, 9.17) is 14.2 Å². The van der Waals surface area contributed by atoms with E-state index >= 15 is 0 Å². The average Bonchev–Trinajstić information content (AvgIpc) is 2.65. The summed E-state index contributed by atoms with van der Waals surface area (Å²) < 4.78 is 15.9. The van der Waals surface area contributed by atoms with Gasteiger partial charge < -0.3 is 19.5 Å². The summed E-state index contributed by atoms with van der Waals surface area (Å²) in [6, 6.07) is 15.2. The van der Waals surface area contributed by atoms with E-state index in [0.29, 0.717) is 24.7 Å². The number of carbonyl (C=O) groups excluding carboxylic acids is 1. The molecule has 5 heteroatoms. The molecule has 0 saturated heterocycles. The maximum absolute atomic E-state index is 11.6. The number of amides is 1. The van der Waals surface area contributed by atoms with Crippen molar-refractivity contribution in [3.05, 3.63) is 65.7 Å². The standard InChI is InChI=1S/C20H23NO4/c1-3-24-18-12-11-16(14-19(18)23-2)10-7-13-21-20(22)25-15-17-8-5-4-6-9-17/h4-12,14H,3,13,15H2,1-2H3,(H,21,22). The SMILES string of the molecule is CCOc1ccc(C=CCNC(=O)OCc2ccccc2)cc1OC. The number of hydrogen-bond acceptors (Lipinski definition) is 4. The summed E-state index contributed by atoms with van der Waals surface area (Å²) in [6.45, 7) is 3.14. The molecule has 132 valence electrons. The summed E-state index contributed by atoms with van der Waals surface area (Å²) in [5, 5.41) is 2.68. The van der Waals surface area contributed by atoms with E-state index in [1.54, 1.807) is 7.11 Å². The van der Waals surface area contributed by atoms with Gasteiger partial charge in [-0.05, 0) is 30.2 Å². The Hall–Kier alpha value is -2.95. The molecular formula is C20H23NO4. The summed E-state index contributed by atoms with van der Waals surface area (Å²) in [7, 11) is 1.61. The monoisotopic (exact) mass is 341 g/mol. The van der Waals surface area contributed by atoms with E-state index in [1.165, 1.54) is 0 Å². The van der Waals surface area contributed by atoms with Crippen molar-refractivity contribution in [3.8, 4) is 11.5 Å². The van der Waals surface area contributed by atoms with Crippen LogP contribution in [0.5, 0.6) is 11.5 Å². The molecule has 0 aliphatic carbocycles. The van der Waals surface area contributed by atoms with Gasteiger partial charge in [0.15, 0.2) is 11.5 Å². The topological polar surface area (TPSA) is 56.8 Å². The van der Waals surface area contributed by atoms with E-state index in [1.807, 2.05) is 67.6 Å². The molecule has 2 aromatic rings. The van der Waals surface area contributed by atoms with Gasteiger partial charge in [0.2, 0.25) is 0 Å². The van der Waals surface area contributed by atoms with Gasteiger partial charge in [-0.3, -0.25) is 0 Å². The van der Waals surface area contributed by atoms with Crippen LogP contribution in [0.3, 0.4) is 0 Å². The highest BCUT2D eigenvalue weighted by Gasteiger charge is 2.04. The zero-order valence-corrected chi connectivity index (χ0v) is 14.5. The Morgan fingerprint density at radius 3 is 2.64 bits per heavy atom. The Labute approximate surface area is 148 Å². The normalized spacial score (nSPS) is 10.5. The minimum Gasteiger partial charge on any atom is -0.493 e. The smallest absolute Gasteiger partial charge is 0.407 e. The number of alkyl carbamates (subject to hydrolysis) is 1. The van der Waals surface area contributed by atoms with Gasteiger partial charge in [0, 0.05) is 6.54 Å². The molecule has 0 saturated carbocycles. The van der Waals surface area contributed by atoms with Gasteiger partial charge in [-0.25, -0.2) is 4.79 Å². The number of ether oxygens (including phenoxy) is 3. The Bertz CT molecular complexity index is 698. The lowest BCUT2D eigenvalue weighted by atomic mass is 10.2. The minimum atomic E-state index is -0.447. The summed E-state index contributed by atoms with van der Waals surface area (Å²) >= 11 is 0. The quantitative estimate of drug-likeness (QED) is 0.787. The second-order valence-corrected chi connectivity index (χ2v) is 5.19. The number of carbonyl (C=O) groups is 1. The van der Waals surface area contributed by atoms with Gasteiger partial charge >= 0.3 is 6.09 Å². The van der Waals surface area contributed by atoms with Gasteiger partial charge in [0.05, 0.1) is 13.7 Å². The third-order valence-corrected chi connectivity index (χ3v) is 3.37. The van der Waals surface area contributed by atoms with Crippen LogP contribution in [0.15, 0.2) is 54.6 Å². The van der Waals surface area contributed by atoms with Crippen molar-refractivity contribution in [1.29, 1.82) is 0 Å². The van der Waals surface area contributed by atoms with Crippen molar-refractivity contribution in [1.82, 2.24) is 5.32 Å². The fourth-order valence-corrected chi connectivity index (χ4v) is 2.17. The van der Waals surface area contributed by atoms with E-state index in [2.05, 4.69) is 5.32 Å². The fraction of sp³-hybridized carbons (Fsp3) is 0.250. The van der Waals surface area contributed by atoms with Crippen molar-refractivity contribution in [2.45, 2.75) is 13.5 Å². The zero-order valence-electron chi connectivity index (χ0n) is 14.5. The maximum Gasteiger partial charge on any atom is 0.407 e. The van der Waals surface area contributed by atoms with Crippen LogP contribution in [0.1, 0.15) is 18.1 Å². The lowest BCUT2D eigenvalue weighted by Gasteiger charge is -2.09. The summed E-state index contributed by atoms with van der Waals surface area (Å²) in [5.41, 5.74) is 1.91. The zero-order chi connectivity index (χ0) is 17.9. The first-order chi connectivity index (χ1) is 12.2. The lowest BCUT2D eigenvalue weighted by Crippen LogP contribution is -2.24. The van der Waals surface area contributed by atoms with E-state index < -0.39 is 6.09 Å². The molecule has 0 spiro atoms. The molecular weight excluding hydrogens is 318 g/mol. The van der Waals surface area contributed by atoms with Crippen molar-refractivity contribution >= 4 is 12.2 Å². The first-order valence-electron chi connectivity index (χ1n) is 8.15. The van der Waals surface area contributed by atoms with Crippen LogP contribution in [0.4, 0.5) is 4.79 Å². The van der Waals surface area contributed by atoms with E-state index in [-0.39, 0.29) is 6.61 Å². The highest BCUT2D eigenvalue weighted by molar-refractivity contribution is 5.67. The van der Waals surface area contributed by atoms with Crippen LogP contribution < -0.4 is 14.8 Å². The molecule has 2 aromatic carbocycles. The molecule has 0 unspecified atom stereocenters. The fourth-order valence-electron chi connectivity index (χ4n) is 2.17. The molecule has 0 aromatic heterocycles. The lowest BCUT2D eigenvalue weighted by molar-refractivity contribution is 0.141. The van der Waals surface area contributed by atoms with Crippen LogP contribution >= 0.6 is 0 Å². The van der Waals surface area contributed by atoms with Gasteiger partial charge in [0.1, 0.15) is 6.61 Å². The van der Waals surface area contributed by atoms with Gasteiger partial charge in [-0.1, -0.05) is 48.6 Å². The third kappa shape index (κ3) is 6.22. The number of benzene rings is 2. The molecule has 25 heavy (non-hydrogen) atoms. The third-order valence-electron chi connectivity index (χ3n) is 3.37. The summed E-state index contributed by atoms with van der Waals surface area (Å²) in [6.07, 6.45) is 3.30. The van der Waals surface area contributed by atoms with E-state index in [9.17, 15) is 4.79 Å². The Kier molecular flexibility index (Phi) is 7.38. The van der Waals surface area contributed by atoms with Gasteiger partial charge in [0.25, 0.3) is 0 Å². The number of nitrogens with one attached hydrogen (secondary N) is 1.